The normalized spacial score (nSPS) is 14.1. The number of carbonyl (C=O) groups is 2. The van der Waals surface area contributed by atoms with Crippen molar-refractivity contribution in [1.29, 1.82) is 0 Å². The largest absolute Gasteiger partial charge is 0.480 e. The second-order valence-electron chi connectivity index (χ2n) is 4.67. The molecule has 110 valence electrons. The molecule has 1 aromatic rings. The van der Waals surface area contributed by atoms with Crippen LogP contribution in [-0.4, -0.2) is 58.1 Å². The van der Waals surface area contributed by atoms with Gasteiger partial charge in [-0.15, -0.1) is 0 Å². The summed E-state index contributed by atoms with van der Waals surface area (Å²) in [5.41, 5.74) is 0.544. The number of hydrogen-bond donors (Lipinski definition) is 2. The summed E-state index contributed by atoms with van der Waals surface area (Å²) in [7, 11) is 1.60. The van der Waals surface area contributed by atoms with Crippen LogP contribution in [0.5, 0.6) is 0 Å². The van der Waals surface area contributed by atoms with Crippen molar-refractivity contribution in [3.63, 3.8) is 0 Å². The maximum Gasteiger partial charge on any atom is 0.323 e. The fraction of sp³-hybridized carbons (Fsp3) is 0.583. The average Bonchev–Trinajstić information content (AvgIpc) is 3.14. The molecule has 1 aliphatic carbocycles. The molecule has 0 spiro atoms. The minimum Gasteiger partial charge on any atom is -0.480 e. The molecule has 0 atom stereocenters. The first kappa shape index (κ1) is 14.3. The van der Waals surface area contributed by atoms with Gasteiger partial charge in [-0.2, -0.15) is 5.10 Å². The standard InChI is InChI=1S/C12H18N4O4/c1-20-5-4-15-7-9(6-13-15)14-12(19)16(8-11(17)18)10-2-3-10/h6-7,10H,2-5,8H2,1H3,(H,14,19)(H,17,18). The van der Waals surface area contributed by atoms with E-state index in [2.05, 4.69) is 10.4 Å². The highest BCUT2D eigenvalue weighted by molar-refractivity contribution is 5.91. The molecule has 0 aliphatic heterocycles. The van der Waals surface area contributed by atoms with Crippen LogP contribution in [0.2, 0.25) is 0 Å². The van der Waals surface area contributed by atoms with Gasteiger partial charge in [-0.05, 0) is 12.8 Å². The number of rotatable bonds is 7. The van der Waals surface area contributed by atoms with E-state index in [9.17, 15) is 9.59 Å². The number of anilines is 1. The van der Waals surface area contributed by atoms with E-state index in [0.29, 0.717) is 18.8 Å². The lowest BCUT2D eigenvalue weighted by molar-refractivity contribution is -0.137. The van der Waals surface area contributed by atoms with Crippen molar-refractivity contribution in [3.8, 4) is 0 Å². The van der Waals surface area contributed by atoms with Gasteiger partial charge in [0.25, 0.3) is 0 Å². The van der Waals surface area contributed by atoms with Crippen LogP contribution in [0.4, 0.5) is 10.5 Å². The van der Waals surface area contributed by atoms with Crippen LogP contribution in [0.3, 0.4) is 0 Å². The summed E-state index contributed by atoms with van der Waals surface area (Å²) in [4.78, 5) is 24.2. The van der Waals surface area contributed by atoms with Gasteiger partial charge in [0.2, 0.25) is 0 Å². The zero-order valence-electron chi connectivity index (χ0n) is 11.3. The second kappa shape index (κ2) is 6.38. The number of urea groups is 1. The second-order valence-corrected chi connectivity index (χ2v) is 4.67. The number of carboxylic acids is 1. The number of aliphatic carboxylic acids is 1. The van der Waals surface area contributed by atoms with E-state index in [1.807, 2.05) is 0 Å². The average molecular weight is 282 g/mol. The molecule has 0 unspecified atom stereocenters. The molecular formula is C12H18N4O4. The van der Waals surface area contributed by atoms with Gasteiger partial charge < -0.3 is 20.1 Å². The molecule has 2 rings (SSSR count). The van der Waals surface area contributed by atoms with Crippen LogP contribution in [0.1, 0.15) is 12.8 Å². The fourth-order valence-corrected chi connectivity index (χ4v) is 1.83. The Balaban J connectivity index is 1.91. The van der Waals surface area contributed by atoms with E-state index < -0.39 is 12.0 Å². The Morgan fingerprint density at radius 1 is 1.60 bits per heavy atom. The number of methoxy groups -OCH3 is 1. The van der Waals surface area contributed by atoms with E-state index in [1.165, 1.54) is 11.1 Å². The number of amides is 2. The molecule has 1 heterocycles. The lowest BCUT2D eigenvalue weighted by atomic mass is 10.4. The molecule has 2 N–H and O–H groups in total. The van der Waals surface area contributed by atoms with E-state index in [0.717, 1.165) is 12.8 Å². The first-order valence-electron chi connectivity index (χ1n) is 6.41. The predicted molar refractivity (Wildman–Crippen MR) is 70.5 cm³/mol. The van der Waals surface area contributed by atoms with E-state index in [-0.39, 0.29) is 12.6 Å². The third-order valence-corrected chi connectivity index (χ3v) is 2.96. The molecule has 0 radical (unpaired) electrons. The number of carboxylic acid groups (broad SMARTS) is 1. The molecule has 0 aromatic carbocycles. The Labute approximate surface area is 116 Å². The fourth-order valence-electron chi connectivity index (χ4n) is 1.83. The van der Waals surface area contributed by atoms with Crippen molar-refractivity contribution in [2.75, 3.05) is 25.6 Å². The third-order valence-electron chi connectivity index (χ3n) is 2.96. The van der Waals surface area contributed by atoms with Gasteiger partial charge in [-0.1, -0.05) is 0 Å². The van der Waals surface area contributed by atoms with Gasteiger partial charge >= 0.3 is 12.0 Å². The molecule has 1 aromatic heterocycles. The van der Waals surface area contributed by atoms with Crippen LogP contribution >= 0.6 is 0 Å². The van der Waals surface area contributed by atoms with Crippen molar-refractivity contribution in [2.45, 2.75) is 25.4 Å². The predicted octanol–water partition coefficient (Wildman–Crippen LogP) is 0.610. The maximum absolute atomic E-state index is 12.0. The Bertz CT molecular complexity index is 484. The van der Waals surface area contributed by atoms with Crippen molar-refractivity contribution in [1.82, 2.24) is 14.7 Å². The summed E-state index contributed by atoms with van der Waals surface area (Å²) >= 11 is 0. The molecule has 20 heavy (non-hydrogen) atoms. The smallest absolute Gasteiger partial charge is 0.323 e. The van der Waals surface area contributed by atoms with E-state index in [4.69, 9.17) is 9.84 Å². The van der Waals surface area contributed by atoms with E-state index in [1.54, 1.807) is 18.0 Å². The number of hydrogen-bond acceptors (Lipinski definition) is 4. The molecule has 1 saturated carbocycles. The molecule has 8 nitrogen and oxygen atoms in total. The Hall–Kier alpha value is -2.09. The summed E-state index contributed by atoms with van der Waals surface area (Å²) < 4.78 is 6.59. The highest BCUT2D eigenvalue weighted by Gasteiger charge is 2.34. The number of nitrogens with zero attached hydrogens (tertiary/aromatic N) is 3. The first-order chi connectivity index (χ1) is 9.60. The van der Waals surface area contributed by atoms with Crippen LogP contribution in [0.25, 0.3) is 0 Å². The SMILES string of the molecule is COCCn1cc(NC(=O)N(CC(=O)O)C2CC2)cn1. The van der Waals surface area contributed by atoms with Crippen LogP contribution in [0.15, 0.2) is 12.4 Å². The van der Waals surface area contributed by atoms with Crippen LogP contribution in [-0.2, 0) is 16.1 Å². The van der Waals surface area contributed by atoms with E-state index >= 15 is 0 Å². The van der Waals surface area contributed by atoms with Crippen molar-refractivity contribution in [3.05, 3.63) is 12.4 Å². The minimum atomic E-state index is -1.01. The summed E-state index contributed by atoms with van der Waals surface area (Å²) in [6.45, 7) is 0.838. The Morgan fingerprint density at radius 2 is 2.35 bits per heavy atom. The minimum absolute atomic E-state index is 0.0367. The van der Waals surface area contributed by atoms with Gasteiger partial charge in [0.1, 0.15) is 6.54 Å². The monoisotopic (exact) mass is 282 g/mol. The Morgan fingerprint density at radius 3 is 2.95 bits per heavy atom. The number of ether oxygens (including phenoxy) is 1. The third kappa shape index (κ3) is 3.95. The molecule has 0 saturated heterocycles. The number of aromatic nitrogens is 2. The molecule has 1 aliphatic rings. The van der Waals surface area contributed by atoms with Gasteiger partial charge in [-0.3, -0.25) is 9.48 Å². The zero-order valence-corrected chi connectivity index (χ0v) is 11.3. The number of carbonyl (C=O) groups excluding carboxylic acids is 1. The first-order valence-corrected chi connectivity index (χ1v) is 6.41. The summed E-state index contributed by atoms with van der Waals surface area (Å²) in [6.07, 6.45) is 4.92. The highest BCUT2D eigenvalue weighted by atomic mass is 16.5. The van der Waals surface area contributed by atoms with Crippen molar-refractivity contribution in [2.24, 2.45) is 0 Å². The summed E-state index contributed by atoms with van der Waals surface area (Å²) in [6, 6.07) is -0.365. The van der Waals surface area contributed by atoms with Crippen LogP contribution in [0, 0.1) is 0 Å². The van der Waals surface area contributed by atoms with Gasteiger partial charge in [0.15, 0.2) is 0 Å². The molecule has 2 amide bonds. The van der Waals surface area contributed by atoms with Crippen LogP contribution < -0.4 is 5.32 Å². The van der Waals surface area contributed by atoms with Gasteiger partial charge in [0, 0.05) is 19.3 Å². The molecule has 0 bridgehead atoms. The zero-order chi connectivity index (χ0) is 14.5. The Kier molecular flexibility index (Phi) is 4.57. The topological polar surface area (TPSA) is 96.7 Å². The van der Waals surface area contributed by atoms with Crippen molar-refractivity contribution < 1.29 is 19.4 Å². The van der Waals surface area contributed by atoms with Gasteiger partial charge in [0.05, 0.1) is 25.0 Å². The van der Waals surface area contributed by atoms with Crippen molar-refractivity contribution >= 4 is 17.7 Å². The quantitative estimate of drug-likeness (QED) is 0.763. The summed E-state index contributed by atoms with van der Waals surface area (Å²) in [5.74, 6) is -1.01. The van der Waals surface area contributed by atoms with Gasteiger partial charge in [-0.25, -0.2) is 4.79 Å². The molecule has 8 heteroatoms. The highest BCUT2D eigenvalue weighted by Crippen LogP contribution is 2.27. The lowest BCUT2D eigenvalue weighted by Gasteiger charge is -2.20. The lowest BCUT2D eigenvalue weighted by Crippen LogP contribution is -2.40. The molecular weight excluding hydrogens is 264 g/mol. The summed E-state index contributed by atoms with van der Waals surface area (Å²) in [5, 5.41) is 15.6. The number of nitrogens with one attached hydrogen (secondary N) is 1. The maximum atomic E-state index is 12.0. The molecule has 1 fully saturated rings.